The second kappa shape index (κ2) is 7.41. The summed E-state index contributed by atoms with van der Waals surface area (Å²) >= 11 is 0. The van der Waals surface area contributed by atoms with Crippen LogP contribution < -0.4 is 5.32 Å². The van der Waals surface area contributed by atoms with Gasteiger partial charge in [0.1, 0.15) is 5.82 Å². The molecule has 0 bridgehead atoms. The standard InChI is InChI=1S/C20H19FN4O3S/c1-13-5-2-3-8-18(13)29(27,28)25-11-16-17(12-25)23-24-20(16)22-19(26)10-14-6-4-7-15(21)9-14/h2-9H,10-12H2,1H3,(H2,22,23,24,26). The van der Waals surface area contributed by atoms with Gasteiger partial charge in [-0.2, -0.15) is 9.40 Å². The average molecular weight is 414 g/mol. The summed E-state index contributed by atoms with van der Waals surface area (Å²) in [6, 6.07) is 12.6. The van der Waals surface area contributed by atoms with Crippen molar-refractivity contribution in [2.24, 2.45) is 0 Å². The highest BCUT2D eigenvalue weighted by atomic mass is 32.2. The molecule has 0 aliphatic carbocycles. The summed E-state index contributed by atoms with van der Waals surface area (Å²) in [5, 5.41) is 9.58. The normalized spacial score (nSPS) is 14.0. The molecule has 2 N–H and O–H groups in total. The fourth-order valence-electron chi connectivity index (χ4n) is 3.38. The van der Waals surface area contributed by atoms with E-state index in [2.05, 4.69) is 15.5 Å². The Balaban J connectivity index is 1.50. The molecule has 150 valence electrons. The number of amides is 1. The minimum Gasteiger partial charge on any atom is -0.309 e. The summed E-state index contributed by atoms with van der Waals surface area (Å²) in [5.74, 6) is -0.470. The minimum absolute atomic E-state index is 0.00931. The van der Waals surface area contributed by atoms with Crippen LogP contribution in [-0.2, 0) is 34.3 Å². The lowest BCUT2D eigenvalue weighted by atomic mass is 10.1. The first-order chi connectivity index (χ1) is 13.8. The summed E-state index contributed by atoms with van der Waals surface area (Å²) in [7, 11) is -3.67. The van der Waals surface area contributed by atoms with Crippen LogP contribution in [0.15, 0.2) is 53.4 Å². The monoisotopic (exact) mass is 414 g/mol. The molecule has 2 aromatic carbocycles. The van der Waals surface area contributed by atoms with Gasteiger partial charge in [0.2, 0.25) is 15.9 Å². The topological polar surface area (TPSA) is 95.2 Å². The predicted molar refractivity (Wildman–Crippen MR) is 105 cm³/mol. The SMILES string of the molecule is Cc1ccccc1S(=O)(=O)N1Cc2[nH]nc(NC(=O)Cc3cccc(F)c3)c2C1. The van der Waals surface area contributed by atoms with Gasteiger partial charge in [-0.15, -0.1) is 0 Å². The number of carbonyl (C=O) groups is 1. The first kappa shape index (κ1) is 19.3. The van der Waals surface area contributed by atoms with E-state index in [9.17, 15) is 17.6 Å². The largest absolute Gasteiger partial charge is 0.309 e. The Morgan fingerprint density at radius 3 is 2.76 bits per heavy atom. The van der Waals surface area contributed by atoms with Crippen LogP contribution in [0.25, 0.3) is 0 Å². The fraction of sp³-hybridized carbons (Fsp3) is 0.200. The Morgan fingerprint density at radius 1 is 1.21 bits per heavy atom. The molecule has 1 aliphatic rings. The number of nitrogens with zero attached hydrogens (tertiary/aromatic N) is 2. The van der Waals surface area contributed by atoms with Crippen LogP contribution in [0.4, 0.5) is 10.2 Å². The Kier molecular flexibility index (Phi) is 4.93. The van der Waals surface area contributed by atoms with Gasteiger partial charge in [-0.25, -0.2) is 12.8 Å². The minimum atomic E-state index is -3.67. The Morgan fingerprint density at radius 2 is 2.00 bits per heavy atom. The summed E-state index contributed by atoms with van der Waals surface area (Å²) in [5.41, 5.74) is 2.49. The van der Waals surface area contributed by atoms with Crippen molar-refractivity contribution in [2.45, 2.75) is 31.3 Å². The van der Waals surface area contributed by atoms with Gasteiger partial charge in [0.15, 0.2) is 5.82 Å². The van der Waals surface area contributed by atoms with Gasteiger partial charge in [-0.3, -0.25) is 9.89 Å². The second-order valence-electron chi connectivity index (χ2n) is 6.92. The van der Waals surface area contributed by atoms with Gasteiger partial charge in [-0.05, 0) is 36.2 Å². The number of H-pyrrole nitrogens is 1. The Bertz CT molecular complexity index is 1190. The van der Waals surface area contributed by atoms with Gasteiger partial charge >= 0.3 is 0 Å². The smallest absolute Gasteiger partial charge is 0.243 e. The van der Waals surface area contributed by atoms with Gasteiger partial charge in [0.25, 0.3) is 0 Å². The number of hydrogen-bond acceptors (Lipinski definition) is 4. The molecule has 1 amide bonds. The third-order valence-corrected chi connectivity index (χ3v) is 6.80. The lowest BCUT2D eigenvalue weighted by Crippen LogP contribution is -2.27. The van der Waals surface area contributed by atoms with Crippen LogP contribution in [0.5, 0.6) is 0 Å². The number of aromatic nitrogens is 2. The molecular formula is C20H19FN4O3S. The highest BCUT2D eigenvalue weighted by Crippen LogP contribution is 2.32. The number of aromatic amines is 1. The number of benzene rings is 2. The molecule has 0 spiro atoms. The molecular weight excluding hydrogens is 395 g/mol. The zero-order valence-electron chi connectivity index (χ0n) is 15.6. The molecule has 0 atom stereocenters. The quantitative estimate of drug-likeness (QED) is 0.671. The summed E-state index contributed by atoms with van der Waals surface area (Å²) in [6.45, 7) is 2.01. The molecule has 9 heteroatoms. The van der Waals surface area contributed by atoms with E-state index in [0.29, 0.717) is 28.2 Å². The summed E-state index contributed by atoms with van der Waals surface area (Å²) in [4.78, 5) is 12.6. The predicted octanol–water partition coefficient (Wildman–Crippen LogP) is 2.74. The van der Waals surface area contributed by atoms with E-state index in [0.717, 1.165) is 0 Å². The third kappa shape index (κ3) is 3.79. The van der Waals surface area contributed by atoms with Gasteiger partial charge < -0.3 is 5.32 Å². The van der Waals surface area contributed by atoms with Crippen molar-refractivity contribution in [1.82, 2.24) is 14.5 Å². The van der Waals surface area contributed by atoms with E-state index in [1.807, 2.05) is 0 Å². The molecule has 0 fully saturated rings. The molecule has 29 heavy (non-hydrogen) atoms. The number of carbonyl (C=O) groups excluding carboxylic acids is 1. The van der Waals surface area contributed by atoms with Crippen molar-refractivity contribution in [3.8, 4) is 0 Å². The second-order valence-corrected chi connectivity index (χ2v) is 8.83. The number of fused-ring (bicyclic) bond motifs is 1. The number of hydrogen-bond donors (Lipinski definition) is 2. The lowest BCUT2D eigenvalue weighted by molar-refractivity contribution is -0.115. The van der Waals surface area contributed by atoms with E-state index in [-0.39, 0.29) is 30.3 Å². The van der Waals surface area contributed by atoms with E-state index < -0.39 is 15.8 Å². The zero-order chi connectivity index (χ0) is 20.6. The van der Waals surface area contributed by atoms with Crippen LogP contribution >= 0.6 is 0 Å². The highest BCUT2D eigenvalue weighted by molar-refractivity contribution is 7.89. The molecule has 1 aliphatic heterocycles. The van der Waals surface area contributed by atoms with Crippen LogP contribution in [0.2, 0.25) is 0 Å². The van der Waals surface area contributed by atoms with Crippen molar-refractivity contribution in [2.75, 3.05) is 5.32 Å². The first-order valence-corrected chi connectivity index (χ1v) is 10.4. The molecule has 7 nitrogen and oxygen atoms in total. The van der Waals surface area contributed by atoms with Crippen molar-refractivity contribution in [3.63, 3.8) is 0 Å². The third-order valence-electron chi connectivity index (χ3n) is 4.84. The van der Waals surface area contributed by atoms with Crippen LogP contribution in [0.1, 0.15) is 22.4 Å². The van der Waals surface area contributed by atoms with Crippen LogP contribution in [0.3, 0.4) is 0 Å². The Labute approximate surface area is 167 Å². The molecule has 0 unspecified atom stereocenters. The maximum absolute atomic E-state index is 13.3. The molecule has 1 aromatic heterocycles. The van der Waals surface area contributed by atoms with Gasteiger partial charge in [-0.1, -0.05) is 30.3 Å². The van der Waals surface area contributed by atoms with E-state index >= 15 is 0 Å². The van der Waals surface area contributed by atoms with Crippen molar-refractivity contribution >= 4 is 21.7 Å². The number of anilines is 1. The molecule has 0 radical (unpaired) electrons. The molecule has 3 aromatic rings. The molecule has 4 rings (SSSR count). The van der Waals surface area contributed by atoms with Crippen molar-refractivity contribution < 1.29 is 17.6 Å². The molecule has 2 heterocycles. The summed E-state index contributed by atoms with van der Waals surface area (Å²) < 4.78 is 40.6. The maximum atomic E-state index is 13.3. The average Bonchev–Trinajstić information content (AvgIpc) is 3.24. The van der Waals surface area contributed by atoms with E-state index in [4.69, 9.17) is 0 Å². The molecule has 0 saturated carbocycles. The molecule has 0 saturated heterocycles. The van der Waals surface area contributed by atoms with Gasteiger partial charge in [0, 0.05) is 12.1 Å². The number of sulfonamides is 1. The number of aryl methyl sites for hydroxylation is 1. The van der Waals surface area contributed by atoms with Gasteiger partial charge in [0.05, 0.1) is 23.6 Å². The first-order valence-electron chi connectivity index (χ1n) is 9.01. The summed E-state index contributed by atoms with van der Waals surface area (Å²) in [6.07, 6.45) is -0.00931. The van der Waals surface area contributed by atoms with Crippen molar-refractivity contribution in [1.29, 1.82) is 0 Å². The number of nitrogens with one attached hydrogen (secondary N) is 2. The Hall–Kier alpha value is -3.04. The van der Waals surface area contributed by atoms with Crippen LogP contribution in [-0.4, -0.2) is 28.8 Å². The van der Waals surface area contributed by atoms with E-state index in [1.54, 1.807) is 43.3 Å². The maximum Gasteiger partial charge on any atom is 0.243 e. The number of halogens is 1. The fourth-order valence-corrected chi connectivity index (χ4v) is 4.98. The van der Waals surface area contributed by atoms with Crippen molar-refractivity contribution in [3.05, 3.63) is 76.7 Å². The van der Waals surface area contributed by atoms with Crippen LogP contribution in [0, 0.1) is 12.7 Å². The zero-order valence-corrected chi connectivity index (χ0v) is 16.5. The van der Waals surface area contributed by atoms with E-state index in [1.165, 1.54) is 16.4 Å². The highest BCUT2D eigenvalue weighted by Gasteiger charge is 2.34. The number of rotatable bonds is 5. The lowest BCUT2D eigenvalue weighted by Gasteiger charge is -2.17.